The van der Waals surface area contributed by atoms with Crippen LogP contribution in [0.2, 0.25) is 0 Å². The maximum atomic E-state index is 14.8. The van der Waals surface area contributed by atoms with E-state index in [0.717, 1.165) is 4.90 Å². The fourth-order valence-corrected chi connectivity index (χ4v) is 10.3. The van der Waals surface area contributed by atoms with Gasteiger partial charge in [-0.15, -0.1) is 0 Å². The lowest BCUT2D eigenvalue weighted by Gasteiger charge is -2.37. The number of nitrogens with one attached hydrogen (secondary N) is 6. The number of carbonyl (C=O) groups is 11. The molecule has 23 heteroatoms. The van der Waals surface area contributed by atoms with E-state index in [9.17, 15) is 57.8 Å². The molecule has 0 aromatic heterocycles. The lowest BCUT2D eigenvalue weighted by atomic mass is 9.95. The van der Waals surface area contributed by atoms with E-state index in [1.54, 1.807) is 88.4 Å². The van der Waals surface area contributed by atoms with Crippen molar-refractivity contribution in [3.63, 3.8) is 0 Å². The third-order valence-corrected chi connectivity index (χ3v) is 16.2. The van der Waals surface area contributed by atoms with Gasteiger partial charge in [-0.2, -0.15) is 0 Å². The number of aliphatic hydroxyl groups is 1. The maximum absolute atomic E-state index is 14.8. The van der Waals surface area contributed by atoms with Crippen molar-refractivity contribution in [1.82, 2.24) is 56.4 Å². The molecule has 3 rings (SSSR count). The molecule has 478 valence electrons. The summed E-state index contributed by atoms with van der Waals surface area (Å²) in [5, 5.41) is 27.7. The van der Waals surface area contributed by atoms with Gasteiger partial charge in [-0.1, -0.05) is 122 Å². The summed E-state index contributed by atoms with van der Waals surface area (Å²) in [7, 11) is 6.97. The van der Waals surface area contributed by atoms with Crippen molar-refractivity contribution in [3.8, 4) is 0 Å². The molecule has 0 saturated carbocycles. The summed E-state index contributed by atoms with van der Waals surface area (Å²) in [6.07, 6.45) is -1.14. The van der Waals surface area contributed by atoms with Crippen molar-refractivity contribution >= 4 is 65.0 Å². The van der Waals surface area contributed by atoms with E-state index in [2.05, 4.69) is 31.9 Å². The summed E-state index contributed by atoms with van der Waals surface area (Å²) in [5.74, 6) is -9.09. The zero-order chi connectivity index (χ0) is 65.2. The molecule has 7 N–H and O–H groups in total. The Kier molecular flexibility index (Phi) is 28.3. The Balaban J connectivity index is 2.21. The third-order valence-electron chi connectivity index (χ3n) is 16.2. The van der Waals surface area contributed by atoms with Crippen LogP contribution in [-0.4, -0.2) is 202 Å². The Morgan fingerprint density at radius 2 is 0.953 bits per heavy atom. The highest BCUT2D eigenvalue weighted by atomic mass is 16.3. The quantitative estimate of drug-likeness (QED) is 0.161. The van der Waals surface area contributed by atoms with Crippen LogP contribution in [0.3, 0.4) is 0 Å². The van der Waals surface area contributed by atoms with E-state index in [-0.39, 0.29) is 43.9 Å². The number of aliphatic hydroxyl groups excluding tert-OH is 1. The van der Waals surface area contributed by atoms with Gasteiger partial charge in [-0.3, -0.25) is 52.7 Å². The molecule has 2 aromatic carbocycles. The van der Waals surface area contributed by atoms with Crippen LogP contribution in [0, 0.1) is 23.7 Å². The predicted octanol–water partition coefficient (Wildman–Crippen LogP) is 2.17. The molecule has 0 unspecified atom stereocenters. The topological polar surface area (TPSA) is 296 Å². The fourth-order valence-electron chi connectivity index (χ4n) is 10.3. The molecule has 23 nitrogen and oxygen atoms in total. The number of carbonyl (C=O) groups excluding carboxylic acids is 11. The summed E-state index contributed by atoms with van der Waals surface area (Å²) in [6.45, 7) is 21.6. The first-order chi connectivity index (χ1) is 40.1. The van der Waals surface area contributed by atoms with E-state index in [1.807, 2.05) is 34.6 Å². The second kappa shape index (κ2) is 33.5. The van der Waals surface area contributed by atoms with E-state index in [1.165, 1.54) is 82.5 Å². The Bertz CT molecular complexity index is 2660. The van der Waals surface area contributed by atoms with Crippen molar-refractivity contribution in [2.45, 2.75) is 201 Å². The van der Waals surface area contributed by atoms with Crippen LogP contribution in [0.4, 0.5) is 0 Å². The smallest absolute Gasteiger partial charge is 0.248 e. The number of benzene rings is 2. The minimum absolute atomic E-state index is 0.0149. The monoisotopic (exact) mass is 1200 g/mol. The van der Waals surface area contributed by atoms with E-state index >= 15 is 0 Å². The lowest BCUT2D eigenvalue weighted by molar-refractivity contribution is -0.149. The van der Waals surface area contributed by atoms with Gasteiger partial charge in [0.15, 0.2) is 0 Å². The largest absolute Gasteiger partial charge is 0.391 e. The molecule has 0 spiro atoms. The zero-order valence-corrected chi connectivity index (χ0v) is 53.9. The van der Waals surface area contributed by atoms with Crippen LogP contribution >= 0.6 is 0 Å². The van der Waals surface area contributed by atoms with Gasteiger partial charge in [-0.05, 0) is 82.3 Å². The van der Waals surface area contributed by atoms with Crippen LogP contribution in [0.5, 0.6) is 0 Å². The Morgan fingerprint density at radius 1 is 0.465 bits per heavy atom. The SMILES string of the molecule is CC[C@H](C)[C@@H]1NC(=O)[C@H](C)N(C)C(=O)[C@H]([C@@H](C)O)NC(=O)[C@H](C(C)C)N(C)C(=O)[C@H](CC(C)C)NC(=O)[C@H](CC(C)C)N(C)C(=O)[C@@H](C)N(C)C(=O)C[C@H](C)NC(=O)[C@H](Cc2ccccc2)NC(=O)[C@H](C)NC(=O)[C@H](Cc2ccccc2)N(C)C1=O. The molecule has 13 atom stereocenters. The summed E-state index contributed by atoms with van der Waals surface area (Å²) in [4.78, 5) is 164. The second-order valence-electron chi connectivity index (χ2n) is 24.6. The number of hydrogen-bond acceptors (Lipinski definition) is 12. The molecule has 1 aliphatic heterocycles. The average molecular weight is 1200 g/mol. The van der Waals surface area contributed by atoms with Gasteiger partial charge in [0, 0.05) is 60.5 Å². The molecule has 1 fully saturated rings. The first kappa shape index (κ1) is 72.8. The van der Waals surface area contributed by atoms with Gasteiger partial charge in [0.2, 0.25) is 65.0 Å². The molecule has 0 radical (unpaired) electrons. The van der Waals surface area contributed by atoms with Crippen molar-refractivity contribution in [2.24, 2.45) is 23.7 Å². The van der Waals surface area contributed by atoms with Gasteiger partial charge in [0.25, 0.3) is 0 Å². The molecule has 86 heavy (non-hydrogen) atoms. The van der Waals surface area contributed by atoms with Gasteiger partial charge in [-0.25, -0.2) is 0 Å². The van der Waals surface area contributed by atoms with Gasteiger partial charge >= 0.3 is 0 Å². The molecule has 1 aliphatic rings. The number of likely N-dealkylation sites (N-methyl/N-ethyl adjacent to an activating group) is 5. The van der Waals surface area contributed by atoms with Gasteiger partial charge < -0.3 is 61.5 Å². The standard InChI is InChI=1S/C63H99N11O12/c1-19-38(8)51-62(85)73(17)49(34-45-28-24-21-25-29-45)57(80)65-40(10)54(77)66-46(33-44-26-22-20-23-27-44)56(79)64-39(9)32-50(76)70(14)42(12)60(83)72(16)48(31-36(4)5)58(81)67-47(30-35(2)3)61(84)74(18)53(37(6)7)59(82)69-52(43(13)75)63(86)71(15)41(11)55(78)68-51/h20-29,35-43,46-49,51-53,75H,19,30-34H2,1-18H3,(H,64,79)(H,65,80)(H,66,77)(H,67,81)(H,68,78)(H,69,82)/t38-,39-,40-,41-,42+,43+,46-,47-,48-,49-,51-,52-,53-/m0/s1. The third kappa shape index (κ3) is 20.4. The first-order valence-corrected chi connectivity index (χ1v) is 30.1. The highest BCUT2D eigenvalue weighted by molar-refractivity contribution is 5.99. The van der Waals surface area contributed by atoms with Crippen molar-refractivity contribution in [3.05, 3.63) is 71.8 Å². The van der Waals surface area contributed by atoms with Crippen molar-refractivity contribution in [2.75, 3.05) is 35.2 Å². The normalized spacial score (nSPS) is 27.1. The van der Waals surface area contributed by atoms with E-state index in [4.69, 9.17) is 0 Å². The zero-order valence-electron chi connectivity index (χ0n) is 53.9. The molecule has 11 amide bonds. The van der Waals surface area contributed by atoms with Crippen LogP contribution in [-0.2, 0) is 65.6 Å². The number of nitrogens with zero attached hydrogens (tertiary/aromatic N) is 5. The molecular formula is C63H99N11O12. The van der Waals surface area contributed by atoms with Crippen molar-refractivity contribution < 1.29 is 57.8 Å². The average Bonchev–Trinajstić information content (AvgIpc) is 1.94. The van der Waals surface area contributed by atoms with Gasteiger partial charge in [0.05, 0.1) is 6.10 Å². The second-order valence-corrected chi connectivity index (χ2v) is 24.6. The molecule has 1 saturated heterocycles. The Labute approximate surface area is 509 Å². The van der Waals surface area contributed by atoms with Crippen LogP contribution in [0.25, 0.3) is 0 Å². The number of amides is 11. The Hall–Kier alpha value is -7.43. The number of rotatable bonds is 12. The summed E-state index contributed by atoms with van der Waals surface area (Å²) < 4.78 is 0. The summed E-state index contributed by atoms with van der Waals surface area (Å²) in [6, 6.07) is 4.26. The number of hydrogen-bond donors (Lipinski definition) is 7. The van der Waals surface area contributed by atoms with Crippen LogP contribution < -0.4 is 31.9 Å². The minimum Gasteiger partial charge on any atom is -0.391 e. The highest BCUT2D eigenvalue weighted by Crippen LogP contribution is 2.21. The van der Waals surface area contributed by atoms with E-state index in [0.29, 0.717) is 17.5 Å². The lowest BCUT2D eigenvalue weighted by Crippen LogP contribution is -2.63. The van der Waals surface area contributed by atoms with Crippen molar-refractivity contribution in [1.29, 1.82) is 0 Å². The van der Waals surface area contributed by atoms with Crippen LogP contribution in [0.15, 0.2) is 60.7 Å². The van der Waals surface area contributed by atoms with Gasteiger partial charge in [0.1, 0.15) is 60.4 Å². The first-order valence-electron chi connectivity index (χ1n) is 30.1. The predicted molar refractivity (Wildman–Crippen MR) is 327 cm³/mol. The highest BCUT2D eigenvalue weighted by Gasteiger charge is 2.42. The molecule has 2 aromatic rings. The van der Waals surface area contributed by atoms with E-state index < -0.39 is 149 Å². The molecule has 1 heterocycles. The van der Waals surface area contributed by atoms with Crippen LogP contribution in [0.1, 0.15) is 127 Å². The molecule has 0 bridgehead atoms. The molecular weight excluding hydrogens is 1100 g/mol. The summed E-state index contributed by atoms with van der Waals surface area (Å²) >= 11 is 0. The fraction of sp³-hybridized carbons (Fsp3) is 0.635. The summed E-state index contributed by atoms with van der Waals surface area (Å²) in [5.41, 5.74) is 1.36. The Morgan fingerprint density at radius 3 is 1.47 bits per heavy atom. The molecule has 0 aliphatic carbocycles. The maximum Gasteiger partial charge on any atom is 0.248 e. The minimum atomic E-state index is -1.64.